The number of nitrogens with two attached hydrogens (primary N) is 1. The molecule has 2 saturated carbocycles. The first-order chi connectivity index (χ1) is 21.3. The first-order valence-electron chi connectivity index (χ1n) is 14.7. The molecular weight excluding hydrogens is 629 g/mol. The molecule has 5 rings (SSSR count). The maximum absolute atomic E-state index is 14.3. The van der Waals surface area contributed by atoms with Gasteiger partial charge in [-0.15, -0.1) is 11.3 Å². The lowest BCUT2D eigenvalue weighted by molar-refractivity contribution is -0.137. The molecular formula is C30H35F3N6O4S2. The fourth-order valence-electron chi connectivity index (χ4n) is 5.32. The number of thiazole rings is 1. The van der Waals surface area contributed by atoms with Crippen molar-refractivity contribution in [1.82, 2.24) is 20.2 Å². The minimum Gasteiger partial charge on any atom is -0.345 e. The molecule has 15 heteroatoms. The van der Waals surface area contributed by atoms with Crippen LogP contribution < -0.4 is 16.2 Å². The molecule has 1 aromatic carbocycles. The molecule has 2 atom stereocenters. The first-order valence-corrected chi connectivity index (χ1v) is 16.5. The minimum atomic E-state index is -4.56. The van der Waals surface area contributed by atoms with Gasteiger partial charge in [0.15, 0.2) is 5.13 Å². The Balaban J connectivity index is 1.48. The van der Waals surface area contributed by atoms with Crippen molar-refractivity contribution in [2.45, 2.75) is 76.5 Å². The molecule has 3 N–H and O–H groups in total. The van der Waals surface area contributed by atoms with E-state index in [2.05, 4.69) is 23.7 Å². The van der Waals surface area contributed by atoms with Crippen molar-refractivity contribution >= 4 is 52.4 Å². The fraction of sp³-hybridized carbons (Fsp3) is 0.500. The van der Waals surface area contributed by atoms with Crippen LogP contribution in [-0.2, 0) is 15.8 Å². The monoisotopic (exact) mass is 664 g/mol. The zero-order valence-corrected chi connectivity index (χ0v) is 26.7. The Bertz CT molecular complexity index is 1490. The number of aldehydes is 1. The van der Waals surface area contributed by atoms with Gasteiger partial charge < -0.3 is 9.69 Å². The summed E-state index contributed by atoms with van der Waals surface area (Å²) in [6.45, 7) is 6.45. The van der Waals surface area contributed by atoms with E-state index in [1.807, 2.05) is 5.43 Å². The van der Waals surface area contributed by atoms with E-state index in [0.717, 1.165) is 65.9 Å². The number of hydrogen-bond donors (Lipinski definition) is 2. The van der Waals surface area contributed by atoms with E-state index in [-0.39, 0.29) is 22.2 Å². The number of thioether (sulfide) groups is 1. The number of allylic oxidation sites excluding steroid dienone is 1. The van der Waals surface area contributed by atoms with Gasteiger partial charge in [0.2, 0.25) is 0 Å². The average Bonchev–Trinajstić information content (AvgIpc) is 3.93. The van der Waals surface area contributed by atoms with Gasteiger partial charge in [-0.1, -0.05) is 50.6 Å². The van der Waals surface area contributed by atoms with Crippen LogP contribution in [0.25, 0.3) is 0 Å². The molecule has 1 unspecified atom stereocenters. The van der Waals surface area contributed by atoms with E-state index in [4.69, 9.17) is 5.84 Å². The van der Waals surface area contributed by atoms with Gasteiger partial charge in [0.05, 0.1) is 16.5 Å². The summed E-state index contributed by atoms with van der Waals surface area (Å²) in [5.41, 5.74) is 1.63. The number of amides is 4. The Labute approximate surface area is 267 Å². The molecule has 0 spiro atoms. The highest BCUT2D eigenvalue weighted by Crippen LogP contribution is 2.49. The van der Waals surface area contributed by atoms with Crippen molar-refractivity contribution < 1.29 is 32.3 Å². The average molecular weight is 665 g/mol. The summed E-state index contributed by atoms with van der Waals surface area (Å²) in [4.78, 5) is 62.5. The number of hydrazine groups is 1. The third kappa shape index (κ3) is 7.20. The highest BCUT2D eigenvalue weighted by molar-refractivity contribution is 8.04. The Morgan fingerprint density at radius 3 is 2.33 bits per heavy atom. The molecule has 10 nitrogen and oxygen atoms in total. The number of carbonyl (C=O) groups is 4. The molecule has 2 aromatic rings. The molecule has 0 radical (unpaired) electrons. The summed E-state index contributed by atoms with van der Waals surface area (Å²) in [5, 5.41) is 1.30. The van der Waals surface area contributed by atoms with Crippen LogP contribution in [0.2, 0.25) is 0 Å². The highest BCUT2D eigenvalue weighted by Gasteiger charge is 2.44. The number of anilines is 1. The molecule has 45 heavy (non-hydrogen) atoms. The van der Waals surface area contributed by atoms with Crippen LogP contribution in [0, 0.1) is 11.8 Å². The Hall–Kier alpha value is -3.43. The molecule has 1 aliphatic heterocycles. The van der Waals surface area contributed by atoms with Gasteiger partial charge in [-0.05, 0) is 55.7 Å². The van der Waals surface area contributed by atoms with Crippen LogP contribution in [0.4, 0.5) is 23.1 Å². The number of rotatable bonds is 11. The van der Waals surface area contributed by atoms with E-state index >= 15 is 0 Å². The Morgan fingerprint density at radius 1 is 1.13 bits per heavy atom. The first kappa shape index (κ1) is 32.9. The standard InChI is InChI=1S/C30H35F3N6O4S2/c1-16(2)13-37(21-10-11-21)29-35-23(15-44-29)25(41)39(22(14-40)12-18-4-5-18)26(42)24-17(3)38(28(43)36-34)27(45-24)19-6-8-20(9-7-19)30(31,32)33/h6-9,14-16,18,21-22,27H,4-5,10-13,34H2,1-3H3,(H,36,43)/t22-,27?/m0/s1. The molecule has 2 aliphatic carbocycles. The maximum Gasteiger partial charge on any atom is 0.416 e. The number of benzene rings is 1. The number of imide groups is 1. The molecule has 4 amide bonds. The predicted octanol–water partition coefficient (Wildman–Crippen LogP) is 5.69. The van der Waals surface area contributed by atoms with Crippen molar-refractivity contribution in [2.75, 3.05) is 11.4 Å². The van der Waals surface area contributed by atoms with Crippen LogP contribution in [0.5, 0.6) is 0 Å². The molecule has 1 aromatic heterocycles. The number of aromatic nitrogens is 1. The van der Waals surface area contributed by atoms with Gasteiger partial charge in [-0.3, -0.25) is 24.8 Å². The van der Waals surface area contributed by atoms with Crippen LogP contribution >= 0.6 is 23.1 Å². The molecule has 2 heterocycles. The SMILES string of the molecule is CC1=C(C(=O)N(C(=O)c2csc(N(CC(C)C)C3CC3)n2)[C@H](C=O)CC2CC2)SC(c2ccc(C(F)(F)F)cc2)N1C(=O)NN. The summed E-state index contributed by atoms with van der Waals surface area (Å²) >= 11 is 2.21. The van der Waals surface area contributed by atoms with Crippen LogP contribution in [0.15, 0.2) is 40.2 Å². The Kier molecular flexibility index (Phi) is 9.61. The van der Waals surface area contributed by atoms with Crippen LogP contribution in [0.3, 0.4) is 0 Å². The largest absolute Gasteiger partial charge is 0.416 e. The van der Waals surface area contributed by atoms with Crippen LogP contribution in [-0.4, -0.2) is 57.5 Å². The topological polar surface area (TPSA) is 129 Å². The van der Waals surface area contributed by atoms with Crippen molar-refractivity contribution in [2.24, 2.45) is 17.7 Å². The second kappa shape index (κ2) is 13.1. The highest BCUT2D eigenvalue weighted by atomic mass is 32.2. The predicted molar refractivity (Wildman–Crippen MR) is 165 cm³/mol. The second-order valence-corrected chi connectivity index (χ2v) is 13.9. The summed E-state index contributed by atoms with van der Waals surface area (Å²) in [5.74, 6) is 4.46. The lowest BCUT2D eigenvalue weighted by Gasteiger charge is -2.26. The molecule has 2 fully saturated rings. The van der Waals surface area contributed by atoms with Gasteiger partial charge in [0.25, 0.3) is 11.8 Å². The number of carbonyl (C=O) groups excluding carboxylic acids is 4. The number of hydrogen-bond acceptors (Lipinski definition) is 9. The molecule has 3 aliphatic rings. The third-order valence-electron chi connectivity index (χ3n) is 7.92. The lowest BCUT2D eigenvalue weighted by atomic mass is 10.1. The van der Waals surface area contributed by atoms with Crippen molar-refractivity contribution in [3.05, 3.63) is 57.1 Å². The number of halogens is 3. The fourth-order valence-corrected chi connectivity index (χ4v) is 7.55. The summed E-state index contributed by atoms with van der Waals surface area (Å²) in [6.07, 6.45) is 0.152. The summed E-state index contributed by atoms with van der Waals surface area (Å²) in [7, 11) is 0. The normalized spacial score (nSPS) is 19.1. The van der Waals surface area contributed by atoms with Crippen LogP contribution in [0.1, 0.15) is 79.9 Å². The van der Waals surface area contributed by atoms with E-state index in [1.54, 1.807) is 5.38 Å². The van der Waals surface area contributed by atoms with Crippen molar-refractivity contribution in [3.63, 3.8) is 0 Å². The number of urea groups is 1. The van der Waals surface area contributed by atoms with Gasteiger partial charge in [0.1, 0.15) is 17.4 Å². The zero-order chi connectivity index (χ0) is 32.6. The summed E-state index contributed by atoms with van der Waals surface area (Å²) in [6, 6.07) is 2.71. The Morgan fingerprint density at radius 2 is 1.80 bits per heavy atom. The van der Waals surface area contributed by atoms with Crippen molar-refractivity contribution in [1.29, 1.82) is 0 Å². The van der Waals surface area contributed by atoms with Gasteiger partial charge in [-0.25, -0.2) is 15.6 Å². The third-order valence-corrected chi connectivity index (χ3v) is 10.2. The van der Waals surface area contributed by atoms with E-state index in [9.17, 15) is 32.3 Å². The lowest BCUT2D eigenvalue weighted by Crippen LogP contribution is -2.46. The van der Waals surface area contributed by atoms with E-state index in [1.165, 1.54) is 30.4 Å². The van der Waals surface area contributed by atoms with Crippen molar-refractivity contribution in [3.8, 4) is 0 Å². The number of alkyl halides is 3. The number of nitrogens with zero attached hydrogens (tertiary/aromatic N) is 4. The molecule has 242 valence electrons. The zero-order valence-electron chi connectivity index (χ0n) is 25.0. The molecule has 0 saturated heterocycles. The van der Waals surface area contributed by atoms with Gasteiger partial charge in [-0.2, -0.15) is 13.2 Å². The smallest absolute Gasteiger partial charge is 0.345 e. The van der Waals surface area contributed by atoms with E-state index in [0.29, 0.717) is 35.4 Å². The maximum atomic E-state index is 14.3. The summed E-state index contributed by atoms with van der Waals surface area (Å²) < 4.78 is 39.6. The van der Waals surface area contributed by atoms with Gasteiger partial charge >= 0.3 is 12.2 Å². The minimum absolute atomic E-state index is 0.00522. The second-order valence-electron chi connectivity index (χ2n) is 12.0. The number of nitrogens with one attached hydrogen (secondary N) is 1. The van der Waals surface area contributed by atoms with Gasteiger partial charge in [0, 0.05) is 23.7 Å². The quantitative estimate of drug-likeness (QED) is 0.103. The van der Waals surface area contributed by atoms with E-state index < -0.39 is 41.0 Å². The molecule has 0 bridgehead atoms.